The highest BCUT2D eigenvalue weighted by molar-refractivity contribution is 6.11. The third-order valence-electron chi connectivity index (χ3n) is 5.55. The van der Waals surface area contributed by atoms with E-state index in [1.807, 2.05) is 35.3 Å². The van der Waals surface area contributed by atoms with Crippen LogP contribution >= 0.6 is 0 Å². The van der Waals surface area contributed by atoms with E-state index in [4.69, 9.17) is 4.84 Å². The second-order valence-corrected chi connectivity index (χ2v) is 7.28. The van der Waals surface area contributed by atoms with Crippen LogP contribution in [0.15, 0.2) is 41.9 Å². The van der Waals surface area contributed by atoms with Crippen molar-refractivity contribution in [2.75, 3.05) is 5.32 Å². The zero-order chi connectivity index (χ0) is 18.3. The summed E-state index contributed by atoms with van der Waals surface area (Å²) in [6.07, 6.45) is 10.9. The SMILES string of the molecule is CCn1ncc2c(Nc3ccccn3)c(C3=NOC4(CCCC4)C3)cnc21. The number of nitrogens with zero attached hydrogens (tertiary/aromatic N) is 5. The van der Waals surface area contributed by atoms with Crippen LogP contribution in [0.4, 0.5) is 11.5 Å². The Morgan fingerprint density at radius 3 is 2.85 bits per heavy atom. The van der Waals surface area contributed by atoms with Crippen molar-refractivity contribution in [3.05, 3.63) is 42.4 Å². The molecule has 1 saturated carbocycles. The highest BCUT2D eigenvalue weighted by Gasteiger charge is 2.42. The molecule has 1 aliphatic heterocycles. The maximum Gasteiger partial charge on any atom is 0.159 e. The Balaban J connectivity index is 1.60. The van der Waals surface area contributed by atoms with E-state index in [-0.39, 0.29) is 5.60 Å². The number of aromatic nitrogens is 4. The lowest BCUT2D eigenvalue weighted by atomic mass is 9.92. The largest absolute Gasteiger partial charge is 0.389 e. The van der Waals surface area contributed by atoms with Crippen molar-refractivity contribution < 1.29 is 4.84 Å². The molecular formula is C20H22N6O. The van der Waals surface area contributed by atoms with Crippen molar-refractivity contribution >= 4 is 28.3 Å². The topological polar surface area (TPSA) is 77.2 Å². The average molecular weight is 362 g/mol. The first-order chi connectivity index (χ1) is 13.3. The summed E-state index contributed by atoms with van der Waals surface area (Å²) in [5.41, 5.74) is 3.60. The Labute approximate surface area is 157 Å². The fourth-order valence-corrected chi connectivity index (χ4v) is 4.13. The number of hydrogen-bond donors (Lipinski definition) is 1. The van der Waals surface area contributed by atoms with Crippen LogP contribution in [0.25, 0.3) is 11.0 Å². The molecule has 138 valence electrons. The number of pyridine rings is 2. The molecule has 3 aromatic heterocycles. The van der Waals surface area contributed by atoms with Gasteiger partial charge in [-0.2, -0.15) is 5.10 Å². The number of oxime groups is 1. The summed E-state index contributed by atoms with van der Waals surface area (Å²) in [7, 11) is 0. The molecule has 0 bridgehead atoms. The quantitative estimate of drug-likeness (QED) is 0.758. The lowest BCUT2D eigenvalue weighted by Crippen LogP contribution is -2.24. The van der Waals surface area contributed by atoms with E-state index in [1.165, 1.54) is 12.8 Å². The summed E-state index contributed by atoms with van der Waals surface area (Å²) in [5.74, 6) is 0.783. The van der Waals surface area contributed by atoms with E-state index < -0.39 is 0 Å². The van der Waals surface area contributed by atoms with Crippen molar-refractivity contribution in [1.82, 2.24) is 19.7 Å². The number of hydrogen-bond acceptors (Lipinski definition) is 6. The number of fused-ring (bicyclic) bond motifs is 1. The van der Waals surface area contributed by atoms with E-state index in [9.17, 15) is 0 Å². The summed E-state index contributed by atoms with van der Waals surface area (Å²) >= 11 is 0. The van der Waals surface area contributed by atoms with Crippen molar-refractivity contribution in [3.8, 4) is 0 Å². The van der Waals surface area contributed by atoms with Crippen LogP contribution in [-0.4, -0.2) is 31.1 Å². The molecule has 4 heterocycles. The van der Waals surface area contributed by atoms with Gasteiger partial charge in [0.15, 0.2) is 5.65 Å². The molecule has 1 aliphatic carbocycles. The molecular weight excluding hydrogens is 340 g/mol. The summed E-state index contributed by atoms with van der Waals surface area (Å²) < 4.78 is 1.90. The van der Waals surface area contributed by atoms with Crippen molar-refractivity contribution in [2.24, 2.45) is 5.16 Å². The molecule has 3 aromatic rings. The van der Waals surface area contributed by atoms with Gasteiger partial charge in [0.05, 0.1) is 23.0 Å². The van der Waals surface area contributed by atoms with Crippen LogP contribution in [0.5, 0.6) is 0 Å². The predicted molar refractivity (Wildman–Crippen MR) is 104 cm³/mol. The van der Waals surface area contributed by atoms with Crippen LogP contribution < -0.4 is 5.32 Å². The fraction of sp³-hybridized carbons (Fsp3) is 0.400. The molecule has 27 heavy (non-hydrogen) atoms. The Bertz CT molecular complexity index is 1000. The summed E-state index contributed by atoms with van der Waals surface area (Å²) in [6, 6.07) is 5.82. The summed E-state index contributed by atoms with van der Waals surface area (Å²) in [4.78, 5) is 15.0. The lowest BCUT2D eigenvalue weighted by molar-refractivity contribution is -0.0126. The first-order valence-corrected chi connectivity index (χ1v) is 9.56. The molecule has 0 aromatic carbocycles. The first-order valence-electron chi connectivity index (χ1n) is 9.56. The van der Waals surface area contributed by atoms with E-state index in [2.05, 4.69) is 32.5 Å². The van der Waals surface area contributed by atoms with Gasteiger partial charge >= 0.3 is 0 Å². The molecule has 0 amide bonds. The average Bonchev–Trinajstić information content (AvgIpc) is 3.44. The lowest BCUT2D eigenvalue weighted by Gasteiger charge is -2.19. The highest BCUT2D eigenvalue weighted by atomic mass is 16.7. The smallest absolute Gasteiger partial charge is 0.159 e. The minimum Gasteiger partial charge on any atom is -0.389 e. The third-order valence-corrected chi connectivity index (χ3v) is 5.55. The van der Waals surface area contributed by atoms with E-state index in [0.717, 1.165) is 59.6 Å². The third kappa shape index (κ3) is 2.74. The maximum atomic E-state index is 5.91. The Kier molecular flexibility index (Phi) is 3.81. The van der Waals surface area contributed by atoms with Crippen LogP contribution in [0.1, 0.15) is 44.6 Å². The van der Waals surface area contributed by atoms with Gasteiger partial charge < -0.3 is 10.2 Å². The molecule has 0 saturated heterocycles. The van der Waals surface area contributed by atoms with E-state index in [1.54, 1.807) is 6.20 Å². The van der Waals surface area contributed by atoms with Gasteiger partial charge in [0.1, 0.15) is 11.4 Å². The number of rotatable bonds is 4. The predicted octanol–water partition coefficient (Wildman–Crippen LogP) is 4.03. The molecule has 0 unspecified atom stereocenters. The zero-order valence-corrected chi connectivity index (χ0v) is 15.4. The summed E-state index contributed by atoms with van der Waals surface area (Å²) in [6.45, 7) is 2.83. The van der Waals surface area contributed by atoms with Gasteiger partial charge in [0.25, 0.3) is 0 Å². The van der Waals surface area contributed by atoms with Crippen molar-refractivity contribution in [3.63, 3.8) is 0 Å². The van der Waals surface area contributed by atoms with Gasteiger partial charge in [-0.25, -0.2) is 14.6 Å². The van der Waals surface area contributed by atoms with Gasteiger partial charge in [0.2, 0.25) is 0 Å². The molecule has 1 fully saturated rings. The molecule has 5 rings (SSSR count). The Morgan fingerprint density at radius 2 is 2.07 bits per heavy atom. The normalized spacial score (nSPS) is 18.0. The number of aryl methyl sites for hydroxylation is 1. The van der Waals surface area contributed by atoms with Gasteiger partial charge in [-0.1, -0.05) is 11.2 Å². The molecule has 1 N–H and O–H groups in total. The molecule has 7 nitrogen and oxygen atoms in total. The minimum absolute atomic E-state index is 0.111. The number of nitrogens with one attached hydrogen (secondary N) is 1. The number of anilines is 2. The molecule has 2 aliphatic rings. The van der Waals surface area contributed by atoms with Crippen molar-refractivity contribution in [2.45, 2.75) is 51.2 Å². The fourth-order valence-electron chi connectivity index (χ4n) is 4.13. The zero-order valence-electron chi connectivity index (χ0n) is 15.4. The first kappa shape index (κ1) is 16.2. The second kappa shape index (κ2) is 6.33. The van der Waals surface area contributed by atoms with Crippen LogP contribution in [0.2, 0.25) is 0 Å². The standard InChI is InChI=1S/C20H22N6O/c1-2-26-19-15(13-23-26)18(24-17-7-3-6-10-21-17)14(12-22-19)16-11-20(27-25-16)8-4-5-9-20/h3,6-7,10,12-13H,2,4-5,8-9,11H2,1H3,(H,21,22,24). The molecule has 1 spiro atoms. The van der Waals surface area contributed by atoms with E-state index >= 15 is 0 Å². The van der Waals surface area contributed by atoms with Gasteiger partial charge in [-0.15, -0.1) is 0 Å². The van der Waals surface area contributed by atoms with Crippen molar-refractivity contribution in [1.29, 1.82) is 0 Å². The minimum atomic E-state index is -0.111. The maximum absolute atomic E-state index is 5.91. The van der Waals surface area contributed by atoms with Crippen LogP contribution in [0.3, 0.4) is 0 Å². The van der Waals surface area contributed by atoms with Crippen LogP contribution in [0, 0.1) is 0 Å². The summed E-state index contributed by atoms with van der Waals surface area (Å²) in [5, 5.41) is 13.4. The second-order valence-electron chi connectivity index (χ2n) is 7.28. The molecule has 0 radical (unpaired) electrons. The van der Waals surface area contributed by atoms with Gasteiger partial charge in [0, 0.05) is 30.9 Å². The van der Waals surface area contributed by atoms with Crippen LogP contribution in [-0.2, 0) is 11.4 Å². The molecule has 7 heteroatoms. The van der Waals surface area contributed by atoms with Gasteiger partial charge in [-0.3, -0.25) is 0 Å². The van der Waals surface area contributed by atoms with E-state index in [0.29, 0.717) is 0 Å². The highest BCUT2D eigenvalue weighted by Crippen LogP contribution is 2.42. The Morgan fingerprint density at radius 1 is 1.19 bits per heavy atom. The van der Waals surface area contributed by atoms with Gasteiger partial charge in [-0.05, 0) is 44.7 Å². The molecule has 0 atom stereocenters. The Hall–Kier alpha value is -2.96. The monoisotopic (exact) mass is 362 g/mol.